The predicted octanol–water partition coefficient (Wildman–Crippen LogP) is 4.30. The van der Waals surface area contributed by atoms with Gasteiger partial charge in [0.15, 0.2) is 5.13 Å². The first kappa shape index (κ1) is 24.3. The molecule has 0 bridgehead atoms. The average Bonchev–Trinajstić information content (AvgIpc) is 3.13. The molecule has 2 aromatic rings. The molecular formula is C22H30N4O4S. The molecule has 0 aliphatic heterocycles. The standard InChI is InChI=1S/C22H30N4O4S/c1-14(2)17-12-23-20(31-17)26-18(27)11-8-15-6-9-16(10-7-15)25-19(28)13-24-21(29)30-22(3,4)5/h6-7,9-10,12,14H,8,11,13H2,1-5H3,(H,24,29)(H,25,28)(H,23,26,27). The van der Waals surface area contributed by atoms with Crippen LogP contribution in [-0.4, -0.2) is 35.0 Å². The number of thiazole rings is 1. The van der Waals surface area contributed by atoms with Crippen LogP contribution in [0.4, 0.5) is 15.6 Å². The lowest BCUT2D eigenvalue weighted by molar-refractivity contribution is -0.116. The van der Waals surface area contributed by atoms with Crippen molar-refractivity contribution >= 4 is 40.1 Å². The summed E-state index contributed by atoms with van der Waals surface area (Å²) in [5, 5.41) is 8.56. The normalized spacial score (nSPS) is 11.2. The maximum Gasteiger partial charge on any atom is 0.408 e. The van der Waals surface area contributed by atoms with E-state index in [-0.39, 0.29) is 18.4 Å². The third kappa shape index (κ3) is 9.17. The minimum absolute atomic E-state index is 0.0877. The number of rotatable bonds is 8. The molecule has 0 aliphatic rings. The lowest BCUT2D eigenvalue weighted by atomic mass is 10.1. The average molecular weight is 447 g/mol. The summed E-state index contributed by atoms with van der Waals surface area (Å²) in [6.45, 7) is 9.23. The number of ether oxygens (including phenoxy) is 1. The maximum atomic E-state index is 12.1. The molecule has 1 aromatic heterocycles. The zero-order valence-electron chi connectivity index (χ0n) is 18.6. The third-order valence-electron chi connectivity index (χ3n) is 4.01. The number of carbonyl (C=O) groups is 3. The van der Waals surface area contributed by atoms with E-state index >= 15 is 0 Å². The molecule has 0 saturated carbocycles. The topological polar surface area (TPSA) is 109 Å². The first-order chi connectivity index (χ1) is 14.5. The Balaban J connectivity index is 1.73. The molecule has 31 heavy (non-hydrogen) atoms. The van der Waals surface area contributed by atoms with Gasteiger partial charge in [0.1, 0.15) is 12.1 Å². The van der Waals surface area contributed by atoms with Crippen LogP contribution >= 0.6 is 11.3 Å². The maximum absolute atomic E-state index is 12.1. The summed E-state index contributed by atoms with van der Waals surface area (Å²) in [4.78, 5) is 41.1. The van der Waals surface area contributed by atoms with Crippen LogP contribution in [0.15, 0.2) is 30.5 Å². The zero-order chi connectivity index (χ0) is 23.0. The lowest BCUT2D eigenvalue weighted by Gasteiger charge is -2.19. The minimum Gasteiger partial charge on any atom is -0.444 e. The Bertz CT molecular complexity index is 901. The number of hydrogen-bond acceptors (Lipinski definition) is 6. The summed E-state index contributed by atoms with van der Waals surface area (Å²) in [5.41, 5.74) is 0.958. The molecule has 0 spiro atoms. The van der Waals surface area contributed by atoms with Crippen molar-refractivity contribution in [3.05, 3.63) is 40.9 Å². The van der Waals surface area contributed by atoms with E-state index in [1.807, 2.05) is 12.1 Å². The number of amides is 3. The Labute approximate surface area is 186 Å². The Morgan fingerprint density at radius 2 is 1.74 bits per heavy atom. The van der Waals surface area contributed by atoms with Gasteiger partial charge < -0.3 is 20.7 Å². The summed E-state index contributed by atoms with van der Waals surface area (Å²) in [6, 6.07) is 7.22. The molecule has 0 atom stereocenters. The Kier molecular flexibility index (Phi) is 8.56. The molecule has 0 aliphatic carbocycles. The fraction of sp³-hybridized carbons (Fsp3) is 0.455. The van der Waals surface area contributed by atoms with Gasteiger partial charge in [0.05, 0.1) is 0 Å². The molecule has 1 heterocycles. The summed E-state index contributed by atoms with van der Waals surface area (Å²) in [7, 11) is 0. The number of aromatic nitrogens is 1. The second kappa shape index (κ2) is 10.9. The van der Waals surface area contributed by atoms with Crippen LogP contribution in [0.25, 0.3) is 0 Å². The number of benzene rings is 1. The molecule has 0 radical (unpaired) electrons. The molecule has 168 valence electrons. The number of anilines is 2. The minimum atomic E-state index is -0.644. The van der Waals surface area contributed by atoms with Gasteiger partial charge >= 0.3 is 6.09 Å². The van der Waals surface area contributed by atoms with Crippen LogP contribution in [0.3, 0.4) is 0 Å². The van der Waals surface area contributed by atoms with E-state index in [0.29, 0.717) is 29.6 Å². The molecule has 0 unspecified atom stereocenters. The number of nitrogens with one attached hydrogen (secondary N) is 3. The summed E-state index contributed by atoms with van der Waals surface area (Å²) in [6.07, 6.45) is 2.06. The first-order valence-electron chi connectivity index (χ1n) is 10.1. The van der Waals surface area contributed by atoms with Crippen molar-refractivity contribution in [2.45, 2.75) is 59.0 Å². The highest BCUT2D eigenvalue weighted by Gasteiger charge is 2.16. The van der Waals surface area contributed by atoms with Crippen LogP contribution < -0.4 is 16.0 Å². The van der Waals surface area contributed by atoms with Crippen molar-refractivity contribution in [3.63, 3.8) is 0 Å². The second-order valence-corrected chi connectivity index (χ2v) is 9.43. The highest BCUT2D eigenvalue weighted by Crippen LogP contribution is 2.25. The van der Waals surface area contributed by atoms with Crippen molar-refractivity contribution in [2.24, 2.45) is 0 Å². The third-order valence-corrected chi connectivity index (χ3v) is 5.22. The largest absolute Gasteiger partial charge is 0.444 e. The Morgan fingerprint density at radius 1 is 1.06 bits per heavy atom. The van der Waals surface area contributed by atoms with Gasteiger partial charge in [-0.15, -0.1) is 11.3 Å². The van der Waals surface area contributed by atoms with E-state index in [9.17, 15) is 14.4 Å². The quantitative estimate of drug-likeness (QED) is 0.560. The van der Waals surface area contributed by atoms with Crippen molar-refractivity contribution in [1.82, 2.24) is 10.3 Å². The summed E-state index contributed by atoms with van der Waals surface area (Å²) in [5.74, 6) is -0.0623. The van der Waals surface area contributed by atoms with Crippen molar-refractivity contribution in [3.8, 4) is 0 Å². The predicted molar refractivity (Wildman–Crippen MR) is 122 cm³/mol. The lowest BCUT2D eigenvalue weighted by Crippen LogP contribution is -2.37. The fourth-order valence-electron chi connectivity index (χ4n) is 2.48. The van der Waals surface area contributed by atoms with Gasteiger partial charge in [0, 0.05) is 23.2 Å². The number of nitrogens with zero attached hydrogens (tertiary/aromatic N) is 1. The highest BCUT2D eigenvalue weighted by atomic mass is 32.1. The number of alkyl carbamates (subject to hydrolysis) is 1. The van der Waals surface area contributed by atoms with Crippen molar-refractivity contribution < 1.29 is 19.1 Å². The first-order valence-corrected chi connectivity index (χ1v) is 10.9. The van der Waals surface area contributed by atoms with Crippen molar-refractivity contribution in [2.75, 3.05) is 17.2 Å². The molecule has 1 aromatic carbocycles. The number of aryl methyl sites for hydroxylation is 1. The molecule has 3 amide bonds. The van der Waals surface area contributed by atoms with E-state index in [4.69, 9.17) is 4.74 Å². The smallest absolute Gasteiger partial charge is 0.408 e. The van der Waals surface area contributed by atoms with E-state index in [0.717, 1.165) is 10.4 Å². The van der Waals surface area contributed by atoms with Gasteiger partial charge in [-0.2, -0.15) is 0 Å². The number of hydrogen-bond donors (Lipinski definition) is 3. The highest BCUT2D eigenvalue weighted by molar-refractivity contribution is 7.15. The fourth-order valence-corrected chi connectivity index (χ4v) is 3.31. The number of carbonyl (C=O) groups excluding carboxylic acids is 3. The van der Waals surface area contributed by atoms with Gasteiger partial charge in [-0.05, 0) is 50.8 Å². The van der Waals surface area contributed by atoms with E-state index in [1.165, 1.54) is 11.3 Å². The van der Waals surface area contributed by atoms with Gasteiger partial charge in [-0.1, -0.05) is 26.0 Å². The molecule has 3 N–H and O–H groups in total. The Hall–Kier alpha value is -2.94. The second-order valence-electron chi connectivity index (χ2n) is 8.37. The van der Waals surface area contributed by atoms with E-state index < -0.39 is 11.7 Å². The van der Waals surface area contributed by atoms with Crippen LogP contribution in [-0.2, 0) is 20.7 Å². The molecule has 0 saturated heterocycles. The van der Waals surface area contributed by atoms with E-state index in [2.05, 4.69) is 34.8 Å². The molecule has 8 nitrogen and oxygen atoms in total. The van der Waals surface area contributed by atoms with Gasteiger partial charge in [0.25, 0.3) is 0 Å². The van der Waals surface area contributed by atoms with Gasteiger partial charge in [-0.25, -0.2) is 9.78 Å². The van der Waals surface area contributed by atoms with Crippen molar-refractivity contribution in [1.29, 1.82) is 0 Å². The van der Waals surface area contributed by atoms with Crippen LogP contribution in [0.1, 0.15) is 57.4 Å². The van der Waals surface area contributed by atoms with Crippen LogP contribution in [0.5, 0.6) is 0 Å². The SMILES string of the molecule is CC(C)c1cnc(NC(=O)CCc2ccc(NC(=O)CNC(=O)OC(C)(C)C)cc2)s1. The zero-order valence-corrected chi connectivity index (χ0v) is 19.4. The van der Waals surface area contributed by atoms with Gasteiger partial charge in [0.2, 0.25) is 11.8 Å². The summed E-state index contributed by atoms with van der Waals surface area (Å²) < 4.78 is 5.08. The molecular weight excluding hydrogens is 416 g/mol. The van der Waals surface area contributed by atoms with Gasteiger partial charge in [-0.3, -0.25) is 9.59 Å². The molecule has 0 fully saturated rings. The summed E-state index contributed by atoms with van der Waals surface area (Å²) >= 11 is 1.49. The van der Waals surface area contributed by atoms with Crippen LogP contribution in [0.2, 0.25) is 0 Å². The monoisotopic (exact) mass is 446 g/mol. The molecule has 2 rings (SSSR count). The molecule has 9 heteroatoms. The van der Waals surface area contributed by atoms with Crippen LogP contribution in [0, 0.1) is 0 Å². The van der Waals surface area contributed by atoms with E-state index in [1.54, 1.807) is 39.1 Å². The Morgan fingerprint density at radius 3 is 2.32 bits per heavy atom.